The maximum atomic E-state index is 10.4. The normalized spacial score (nSPS) is 9.85. The second kappa shape index (κ2) is 4.47. The largest absolute Gasteiger partial charge is 0.398 e. The number of carbonyl (C=O) groups is 1. The average molecular weight is 179 g/mol. The van der Waals surface area contributed by atoms with Crippen LogP contribution in [0.15, 0.2) is 24.3 Å². The van der Waals surface area contributed by atoms with Crippen molar-refractivity contribution in [3.05, 3.63) is 29.8 Å². The Hall–Kier alpha value is -1.55. The second-order valence-corrected chi connectivity index (χ2v) is 2.77. The van der Waals surface area contributed by atoms with Gasteiger partial charge in [-0.2, -0.15) is 0 Å². The highest BCUT2D eigenvalue weighted by Gasteiger charge is 1.97. The molecule has 13 heavy (non-hydrogen) atoms. The molecule has 0 aromatic heterocycles. The van der Waals surface area contributed by atoms with E-state index < -0.39 is 0 Å². The lowest BCUT2D eigenvalue weighted by Crippen LogP contribution is -2.28. The second-order valence-electron chi connectivity index (χ2n) is 2.77. The summed E-state index contributed by atoms with van der Waals surface area (Å²) < 4.78 is 0. The van der Waals surface area contributed by atoms with E-state index in [0.29, 0.717) is 6.54 Å². The summed E-state index contributed by atoms with van der Waals surface area (Å²) in [5.41, 5.74) is 12.3. The Bertz CT molecular complexity index is 299. The van der Waals surface area contributed by atoms with Crippen molar-refractivity contribution in [2.75, 3.05) is 12.3 Å². The Labute approximate surface area is 76.9 Å². The predicted octanol–water partition coefficient (Wildman–Crippen LogP) is -0.156. The van der Waals surface area contributed by atoms with E-state index in [9.17, 15) is 4.79 Å². The number of para-hydroxylation sites is 1. The van der Waals surface area contributed by atoms with E-state index in [2.05, 4.69) is 5.32 Å². The van der Waals surface area contributed by atoms with Gasteiger partial charge in [-0.05, 0) is 11.6 Å². The molecular weight excluding hydrogens is 166 g/mol. The van der Waals surface area contributed by atoms with E-state index in [0.717, 1.165) is 11.3 Å². The highest BCUT2D eigenvalue weighted by Crippen LogP contribution is 2.09. The third kappa shape index (κ3) is 3.13. The number of primary amides is 1. The van der Waals surface area contributed by atoms with Crippen LogP contribution in [0.4, 0.5) is 5.69 Å². The molecule has 0 unspecified atom stereocenters. The Morgan fingerprint density at radius 3 is 2.69 bits per heavy atom. The summed E-state index contributed by atoms with van der Waals surface area (Å²) in [7, 11) is 0. The molecule has 0 bridgehead atoms. The van der Waals surface area contributed by atoms with Crippen molar-refractivity contribution in [1.29, 1.82) is 0 Å². The van der Waals surface area contributed by atoms with Crippen molar-refractivity contribution in [1.82, 2.24) is 5.32 Å². The van der Waals surface area contributed by atoms with E-state index in [4.69, 9.17) is 11.5 Å². The SMILES string of the molecule is NC(=O)CNCc1ccccc1N. The number of amides is 1. The minimum atomic E-state index is -0.366. The molecule has 0 saturated carbocycles. The van der Waals surface area contributed by atoms with E-state index in [1.807, 2.05) is 24.3 Å². The van der Waals surface area contributed by atoms with Crippen LogP contribution in [-0.4, -0.2) is 12.5 Å². The topological polar surface area (TPSA) is 81.1 Å². The van der Waals surface area contributed by atoms with Gasteiger partial charge in [0.25, 0.3) is 0 Å². The standard InChI is InChI=1S/C9H13N3O/c10-8-4-2-1-3-7(8)5-12-6-9(11)13/h1-4,12H,5-6,10H2,(H2,11,13). The van der Waals surface area contributed by atoms with Gasteiger partial charge >= 0.3 is 0 Å². The quantitative estimate of drug-likeness (QED) is 0.562. The number of rotatable bonds is 4. The molecule has 5 N–H and O–H groups in total. The lowest BCUT2D eigenvalue weighted by Gasteiger charge is -2.05. The lowest BCUT2D eigenvalue weighted by atomic mass is 10.2. The zero-order valence-corrected chi connectivity index (χ0v) is 7.29. The van der Waals surface area contributed by atoms with E-state index >= 15 is 0 Å². The highest BCUT2D eigenvalue weighted by atomic mass is 16.1. The zero-order chi connectivity index (χ0) is 9.68. The zero-order valence-electron chi connectivity index (χ0n) is 7.29. The van der Waals surface area contributed by atoms with Crippen LogP contribution in [0.3, 0.4) is 0 Å². The number of carbonyl (C=O) groups excluding carboxylic acids is 1. The van der Waals surface area contributed by atoms with E-state index in [-0.39, 0.29) is 12.5 Å². The molecule has 0 spiro atoms. The Morgan fingerprint density at radius 2 is 2.08 bits per heavy atom. The van der Waals surface area contributed by atoms with Gasteiger partial charge in [-0.3, -0.25) is 4.79 Å². The van der Waals surface area contributed by atoms with Crippen molar-refractivity contribution in [2.24, 2.45) is 5.73 Å². The number of nitrogen functional groups attached to an aromatic ring is 1. The van der Waals surface area contributed by atoms with Crippen LogP contribution >= 0.6 is 0 Å². The van der Waals surface area contributed by atoms with Gasteiger partial charge in [0.15, 0.2) is 0 Å². The molecule has 4 nitrogen and oxygen atoms in total. The minimum Gasteiger partial charge on any atom is -0.398 e. The first-order valence-electron chi connectivity index (χ1n) is 4.02. The fourth-order valence-corrected chi connectivity index (χ4v) is 1.02. The van der Waals surface area contributed by atoms with Crippen LogP contribution in [0.1, 0.15) is 5.56 Å². The maximum Gasteiger partial charge on any atom is 0.231 e. The van der Waals surface area contributed by atoms with E-state index in [1.165, 1.54) is 0 Å². The molecule has 1 aromatic carbocycles. The first-order chi connectivity index (χ1) is 6.20. The number of anilines is 1. The van der Waals surface area contributed by atoms with Crippen molar-refractivity contribution in [2.45, 2.75) is 6.54 Å². The summed E-state index contributed by atoms with van der Waals surface area (Å²) in [5, 5.41) is 2.89. The van der Waals surface area contributed by atoms with Gasteiger partial charge in [-0.15, -0.1) is 0 Å². The summed E-state index contributed by atoms with van der Waals surface area (Å²) in [6.45, 7) is 0.740. The van der Waals surface area contributed by atoms with Gasteiger partial charge < -0.3 is 16.8 Å². The Balaban J connectivity index is 2.45. The molecule has 0 radical (unpaired) electrons. The first kappa shape index (κ1) is 9.54. The monoisotopic (exact) mass is 179 g/mol. The maximum absolute atomic E-state index is 10.4. The number of hydrogen-bond acceptors (Lipinski definition) is 3. The molecular formula is C9H13N3O. The Morgan fingerprint density at radius 1 is 1.38 bits per heavy atom. The summed E-state index contributed by atoms with van der Waals surface area (Å²) in [6.07, 6.45) is 0. The molecule has 0 aliphatic heterocycles. The van der Waals surface area contributed by atoms with Gasteiger partial charge in [-0.25, -0.2) is 0 Å². The van der Waals surface area contributed by atoms with Gasteiger partial charge in [0.1, 0.15) is 0 Å². The molecule has 4 heteroatoms. The average Bonchev–Trinajstić information content (AvgIpc) is 2.08. The Kier molecular flexibility index (Phi) is 3.28. The van der Waals surface area contributed by atoms with Crippen molar-refractivity contribution in [3.63, 3.8) is 0 Å². The van der Waals surface area contributed by atoms with Crippen LogP contribution in [0, 0.1) is 0 Å². The van der Waals surface area contributed by atoms with Crippen molar-refractivity contribution >= 4 is 11.6 Å². The van der Waals surface area contributed by atoms with Crippen LogP contribution in [0.25, 0.3) is 0 Å². The first-order valence-corrected chi connectivity index (χ1v) is 4.02. The summed E-state index contributed by atoms with van der Waals surface area (Å²) in [6, 6.07) is 7.50. The third-order valence-corrected chi connectivity index (χ3v) is 1.67. The summed E-state index contributed by atoms with van der Waals surface area (Å²) >= 11 is 0. The van der Waals surface area contributed by atoms with Crippen molar-refractivity contribution in [3.8, 4) is 0 Å². The summed E-state index contributed by atoms with van der Waals surface area (Å²) in [5.74, 6) is -0.366. The minimum absolute atomic E-state index is 0.175. The fourth-order valence-electron chi connectivity index (χ4n) is 1.02. The number of hydrogen-bond donors (Lipinski definition) is 3. The number of nitrogens with two attached hydrogens (primary N) is 2. The smallest absolute Gasteiger partial charge is 0.231 e. The highest BCUT2D eigenvalue weighted by molar-refractivity contribution is 5.75. The van der Waals surface area contributed by atoms with Crippen LogP contribution in [-0.2, 0) is 11.3 Å². The number of nitrogens with one attached hydrogen (secondary N) is 1. The van der Waals surface area contributed by atoms with Crippen LogP contribution < -0.4 is 16.8 Å². The van der Waals surface area contributed by atoms with Gasteiger partial charge in [0.05, 0.1) is 6.54 Å². The molecule has 1 amide bonds. The summed E-state index contributed by atoms with van der Waals surface area (Å²) in [4.78, 5) is 10.4. The molecule has 0 saturated heterocycles. The molecule has 0 heterocycles. The lowest BCUT2D eigenvalue weighted by molar-refractivity contribution is -0.117. The molecule has 0 fully saturated rings. The van der Waals surface area contributed by atoms with Gasteiger partial charge in [-0.1, -0.05) is 18.2 Å². The molecule has 70 valence electrons. The van der Waals surface area contributed by atoms with Crippen LogP contribution in [0.2, 0.25) is 0 Å². The molecule has 0 aliphatic carbocycles. The van der Waals surface area contributed by atoms with Crippen LogP contribution in [0.5, 0.6) is 0 Å². The molecule has 0 aliphatic rings. The number of benzene rings is 1. The third-order valence-electron chi connectivity index (χ3n) is 1.67. The van der Waals surface area contributed by atoms with Gasteiger partial charge in [0, 0.05) is 12.2 Å². The van der Waals surface area contributed by atoms with Crippen molar-refractivity contribution < 1.29 is 4.79 Å². The fraction of sp³-hybridized carbons (Fsp3) is 0.222. The molecule has 1 aromatic rings. The molecule has 1 rings (SSSR count). The van der Waals surface area contributed by atoms with Gasteiger partial charge in [0.2, 0.25) is 5.91 Å². The van der Waals surface area contributed by atoms with E-state index in [1.54, 1.807) is 0 Å². The molecule has 0 atom stereocenters. The predicted molar refractivity (Wildman–Crippen MR) is 51.8 cm³/mol.